The lowest BCUT2D eigenvalue weighted by Crippen LogP contribution is -1.90. The van der Waals surface area contributed by atoms with Gasteiger partial charge in [-0.3, -0.25) is 4.98 Å². The van der Waals surface area contributed by atoms with Gasteiger partial charge in [-0.25, -0.2) is 0 Å². The van der Waals surface area contributed by atoms with E-state index in [2.05, 4.69) is 27.8 Å². The molecule has 0 bridgehead atoms. The molecule has 2 aromatic heterocycles. The standard InChI is InChI=1S/C14H12N2/c1-16-8-4-7-14(16)12-9-11-5-2-3-6-13(11)15-10-12/h2-10H,1H3. The molecule has 0 aliphatic heterocycles. The number of aryl methyl sites for hydroxylation is 1. The van der Waals surface area contributed by atoms with E-state index in [1.807, 2.05) is 43.7 Å². The molecule has 0 N–H and O–H groups in total. The molecule has 2 heterocycles. The molecule has 2 nitrogen and oxygen atoms in total. The Morgan fingerprint density at radius 3 is 2.75 bits per heavy atom. The van der Waals surface area contributed by atoms with E-state index >= 15 is 0 Å². The normalized spacial score (nSPS) is 10.8. The lowest BCUT2D eigenvalue weighted by atomic mass is 10.1. The van der Waals surface area contributed by atoms with Crippen molar-refractivity contribution in [3.8, 4) is 11.3 Å². The van der Waals surface area contributed by atoms with Gasteiger partial charge in [0.1, 0.15) is 0 Å². The first-order chi connectivity index (χ1) is 7.84. The highest BCUT2D eigenvalue weighted by Crippen LogP contribution is 2.22. The molecule has 1 aromatic carbocycles. The van der Waals surface area contributed by atoms with E-state index in [1.54, 1.807) is 0 Å². The summed E-state index contributed by atoms with van der Waals surface area (Å²) in [6.07, 6.45) is 3.97. The van der Waals surface area contributed by atoms with Crippen molar-refractivity contribution in [2.24, 2.45) is 7.05 Å². The number of nitrogens with zero attached hydrogens (tertiary/aromatic N) is 2. The second kappa shape index (κ2) is 3.49. The average Bonchev–Trinajstić information content (AvgIpc) is 2.75. The molecule has 0 spiro atoms. The molecule has 78 valence electrons. The summed E-state index contributed by atoms with van der Waals surface area (Å²) < 4.78 is 2.10. The number of hydrogen-bond donors (Lipinski definition) is 0. The van der Waals surface area contributed by atoms with E-state index in [0.29, 0.717) is 0 Å². The molecule has 0 unspecified atom stereocenters. The van der Waals surface area contributed by atoms with E-state index < -0.39 is 0 Å². The number of aromatic nitrogens is 2. The van der Waals surface area contributed by atoms with Crippen molar-refractivity contribution in [3.63, 3.8) is 0 Å². The van der Waals surface area contributed by atoms with Crippen LogP contribution in [0.3, 0.4) is 0 Å². The van der Waals surface area contributed by atoms with Gasteiger partial charge in [0.05, 0.1) is 5.52 Å². The predicted molar refractivity (Wildman–Crippen MR) is 66.2 cm³/mol. The third kappa shape index (κ3) is 1.39. The summed E-state index contributed by atoms with van der Waals surface area (Å²) in [6, 6.07) is 14.5. The van der Waals surface area contributed by atoms with E-state index in [9.17, 15) is 0 Å². The molecule has 16 heavy (non-hydrogen) atoms. The van der Waals surface area contributed by atoms with Crippen LogP contribution in [0.4, 0.5) is 0 Å². The molecule has 0 aliphatic carbocycles. The molecule has 0 aliphatic rings. The van der Waals surface area contributed by atoms with Gasteiger partial charge < -0.3 is 4.57 Å². The molecule has 0 amide bonds. The van der Waals surface area contributed by atoms with Crippen LogP contribution in [0.25, 0.3) is 22.2 Å². The van der Waals surface area contributed by atoms with Crippen LogP contribution in [0.5, 0.6) is 0 Å². The molecule has 0 atom stereocenters. The van der Waals surface area contributed by atoms with Gasteiger partial charge in [-0.2, -0.15) is 0 Å². The number of hydrogen-bond acceptors (Lipinski definition) is 1. The lowest BCUT2D eigenvalue weighted by Gasteiger charge is -2.04. The first-order valence-electron chi connectivity index (χ1n) is 5.31. The fourth-order valence-corrected chi connectivity index (χ4v) is 1.97. The van der Waals surface area contributed by atoms with Crippen LogP contribution in [0, 0.1) is 0 Å². The van der Waals surface area contributed by atoms with Crippen molar-refractivity contribution in [2.75, 3.05) is 0 Å². The van der Waals surface area contributed by atoms with Crippen LogP contribution >= 0.6 is 0 Å². The minimum atomic E-state index is 1.04. The van der Waals surface area contributed by atoms with Crippen molar-refractivity contribution in [1.82, 2.24) is 9.55 Å². The summed E-state index contributed by atoms with van der Waals surface area (Å²) in [6.45, 7) is 0. The number of para-hydroxylation sites is 1. The van der Waals surface area contributed by atoms with Crippen molar-refractivity contribution in [3.05, 3.63) is 54.9 Å². The zero-order valence-electron chi connectivity index (χ0n) is 9.09. The number of rotatable bonds is 1. The minimum Gasteiger partial charge on any atom is -0.351 e. The van der Waals surface area contributed by atoms with Crippen LogP contribution < -0.4 is 0 Å². The van der Waals surface area contributed by atoms with E-state index in [0.717, 1.165) is 11.1 Å². The van der Waals surface area contributed by atoms with Gasteiger partial charge in [0.2, 0.25) is 0 Å². The van der Waals surface area contributed by atoms with Gasteiger partial charge >= 0.3 is 0 Å². The molecule has 3 aromatic rings. The Morgan fingerprint density at radius 2 is 1.94 bits per heavy atom. The van der Waals surface area contributed by atoms with Crippen LogP contribution in [0.1, 0.15) is 0 Å². The van der Waals surface area contributed by atoms with Crippen molar-refractivity contribution in [1.29, 1.82) is 0 Å². The Labute approximate surface area is 94.2 Å². The smallest absolute Gasteiger partial charge is 0.0702 e. The molecule has 3 rings (SSSR count). The summed E-state index contributed by atoms with van der Waals surface area (Å²) in [5.74, 6) is 0. The van der Waals surface area contributed by atoms with Gasteiger partial charge in [0.15, 0.2) is 0 Å². The van der Waals surface area contributed by atoms with E-state index in [-0.39, 0.29) is 0 Å². The zero-order valence-corrected chi connectivity index (χ0v) is 9.09. The summed E-state index contributed by atoms with van der Waals surface area (Å²) >= 11 is 0. The van der Waals surface area contributed by atoms with Crippen LogP contribution in [-0.4, -0.2) is 9.55 Å². The van der Waals surface area contributed by atoms with E-state index in [4.69, 9.17) is 0 Å². The fraction of sp³-hybridized carbons (Fsp3) is 0.0714. The highest BCUT2D eigenvalue weighted by Gasteiger charge is 2.02. The Bertz CT molecular complexity index is 638. The second-order valence-corrected chi connectivity index (χ2v) is 3.92. The average molecular weight is 208 g/mol. The van der Waals surface area contributed by atoms with Crippen molar-refractivity contribution < 1.29 is 0 Å². The maximum absolute atomic E-state index is 4.46. The number of fused-ring (bicyclic) bond motifs is 1. The summed E-state index contributed by atoms with van der Waals surface area (Å²) in [5, 5.41) is 1.18. The van der Waals surface area contributed by atoms with Crippen LogP contribution in [0.15, 0.2) is 54.9 Å². The number of pyridine rings is 1. The summed E-state index contributed by atoms with van der Waals surface area (Å²) in [4.78, 5) is 4.46. The Hall–Kier alpha value is -2.09. The first-order valence-corrected chi connectivity index (χ1v) is 5.31. The SMILES string of the molecule is Cn1cccc1-c1cnc2ccccc2c1. The minimum absolute atomic E-state index is 1.04. The Balaban J connectivity index is 2.23. The van der Waals surface area contributed by atoms with Crippen LogP contribution in [-0.2, 0) is 7.05 Å². The molecule has 0 radical (unpaired) electrons. The Kier molecular flexibility index (Phi) is 2.00. The molecule has 0 saturated heterocycles. The van der Waals surface area contributed by atoms with Gasteiger partial charge in [-0.1, -0.05) is 18.2 Å². The fourth-order valence-electron chi connectivity index (χ4n) is 1.97. The van der Waals surface area contributed by atoms with E-state index in [1.165, 1.54) is 11.1 Å². The quantitative estimate of drug-likeness (QED) is 0.600. The monoisotopic (exact) mass is 208 g/mol. The zero-order chi connectivity index (χ0) is 11.0. The largest absolute Gasteiger partial charge is 0.351 e. The molecular weight excluding hydrogens is 196 g/mol. The maximum atomic E-state index is 4.46. The highest BCUT2D eigenvalue weighted by molar-refractivity contribution is 5.82. The highest BCUT2D eigenvalue weighted by atomic mass is 14.9. The van der Waals surface area contributed by atoms with Gasteiger partial charge in [0, 0.05) is 36.1 Å². The Morgan fingerprint density at radius 1 is 1.06 bits per heavy atom. The second-order valence-electron chi connectivity index (χ2n) is 3.92. The molecule has 0 fully saturated rings. The number of benzene rings is 1. The van der Waals surface area contributed by atoms with Gasteiger partial charge in [-0.05, 0) is 24.3 Å². The van der Waals surface area contributed by atoms with Crippen molar-refractivity contribution in [2.45, 2.75) is 0 Å². The summed E-state index contributed by atoms with van der Waals surface area (Å²) in [5.41, 5.74) is 3.39. The van der Waals surface area contributed by atoms with Crippen molar-refractivity contribution >= 4 is 10.9 Å². The first kappa shape index (κ1) is 9.16. The molecular formula is C14H12N2. The lowest BCUT2D eigenvalue weighted by molar-refractivity contribution is 0.936. The van der Waals surface area contributed by atoms with Gasteiger partial charge in [-0.15, -0.1) is 0 Å². The predicted octanol–water partition coefficient (Wildman–Crippen LogP) is 3.24. The maximum Gasteiger partial charge on any atom is 0.0702 e. The third-order valence-electron chi connectivity index (χ3n) is 2.83. The van der Waals surface area contributed by atoms with Gasteiger partial charge in [0.25, 0.3) is 0 Å². The van der Waals surface area contributed by atoms with Crippen LogP contribution in [0.2, 0.25) is 0 Å². The summed E-state index contributed by atoms with van der Waals surface area (Å²) in [7, 11) is 2.05. The topological polar surface area (TPSA) is 17.8 Å². The molecule has 0 saturated carbocycles. The molecule has 2 heteroatoms. The third-order valence-corrected chi connectivity index (χ3v) is 2.83.